The Morgan fingerprint density at radius 3 is 2.81 bits per heavy atom. The predicted molar refractivity (Wildman–Crippen MR) is 87.6 cm³/mol. The van der Waals surface area contributed by atoms with Crippen LogP contribution in [0.1, 0.15) is 61.4 Å². The van der Waals surface area contributed by atoms with Gasteiger partial charge >= 0.3 is 0 Å². The Hall–Kier alpha value is -0.940. The van der Waals surface area contributed by atoms with Crippen molar-refractivity contribution in [2.24, 2.45) is 11.7 Å². The van der Waals surface area contributed by atoms with E-state index in [1.165, 1.54) is 12.8 Å². The maximum Gasteiger partial charge on any atom is 0.273 e. The first-order valence-electron chi connectivity index (χ1n) is 8.07. The van der Waals surface area contributed by atoms with Crippen LogP contribution in [0.2, 0.25) is 0 Å². The van der Waals surface area contributed by atoms with Crippen LogP contribution in [-0.2, 0) is 6.42 Å². The third kappa shape index (κ3) is 4.51. The van der Waals surface area contributed by atoms with E-state index in [4.69, 9.17) is 5.73 Å². The first kappa shape index (κ1) is 16.4. The Bertz CT molecular complexity index is 452. The normalized spacial score (nSPS) is 15.8. The number of amides is 1. The highest BCUT2D eigenvalue weighted by atomic mass is 32.1. The standard InChI is InChI=1S/C16H27N3OS/c1-12(2)8-10-19(13-5-3-4-6-13)16(20)14-11-21-15(18-14)7-9-17/h11-13H,3-10,17H2,1-2H3. The van der Waals surface area contributed by atoms with Crippen molar-refractivity contribution < 1.29 is 4.79 Å². The number of hydrogen-bond acceptors (Lipinski definition) is 4. The highest BCUT2D eigenvalue weighted by Crippen LogP contribution is 2.26. The molecule has 5 heteroatoms. The van der Waals surface area contributed by atoms with Crippen LogP contribution >= 0.6 is 11.3 Å². The molecule has 0 atom stereocenters. The van der Waals surface area contributed by atoms with E-state index in [1.807, 2.05) is 5.38 Å². The molecule has 2 rings (SSSR count). The van der Waals surface area contributed by atoms with E-state index in [0.717, 1.165) is 37.2 Å². The second-order valence-corrected chi connectivity index (χ2v) is 7.23. The minimum atomic E-state index is 0.113. The third-order valence-electron chi connectivity index (χ3n) is 4.10. The molecule has 1 aromatic rings. The molecule has 1 fully saturated rings. The molecule has 1 saturated carbocycles. The quantitative estimate of drug-likeness (QED) is 0.842. The molecule has 1 heterocycles. The van der Waals surface area contributed by atoms with Crippen molar-refractivity contribution in [3.63, 3.8) is 0 Å². The summed E-state index contributed by atoms with van der Waals surface area (Å²) in [6.07, 6.45) is 6.58. The summed E-state index contributed by atoms with van der Waals surface area (Å²) in [7, 11) is 0. The molecular weight excluding hydrogens is 282 g/mol. The molecule has 0 saturated heterocycles. The van der Waals surface area contributed by atoms with Gasteiger partial charge in [-0.3, -0.25) is 4.79 Å². The number of thiazole rings is 1. The molecule has 0 aromatic carbocycles. The molecule has 0 aliphatic heterocycles. The van der Waals surface area contributed by atoms with E-state index >= 15 is 0 Å². The smallest absolute Gasteiger partial charge is 0.273 e. The van der Waals surface area contributed by atoms with Gasteiger partial charge in [0.25, 0.3) is 5.91 Å². The molecule has 0 unspecified atom stereocenters. The molecule has 0 spiro atoms. The summed E-state index contributed by atoms with van der Waals surface area (Å²) in [5.41, 5.74) is 6.17. The van der Waals surface area contributed by atoms with Crippen molar-refractivity contribution in [3.05, 3.63) is 16.1 Å². The Balaban J connectivity index is 2.07. The SMILES string of the molecule is CC(C)CCN(C(=O)c1csc(CCN)n1)C1CCCC1. The van der Waals surface area contributed by atoms with Crippen LogP contribution in [0.3, 0.4) is 0 Å². The molecule has 1 aromatic heterocycles. The van der Waals surface area contributed by atoms with Gasteiger partial charge in [-0.05, 0) is 31.7 Å². The summed E-state index contributed by atoms with van der Waals surface area (Å²) in [4.78, 5) is 19.3. The molecule has 0 bridgehead atoms. The fourth-order valence-corrected chi connectivity index (χ4v) is 3.65. The zero-order valence-electron chi connectivity index (χ0n) is 13.2. The van der Waals surface area contributed by atoms with E-state index in [-0.39, 0.29) is 5.91 Å². The number of carbonyl (C=O) groups excluding carboxylic acids is 1. The Morgan fingerprint density at radius 1 is 1.48 bits per heavy atom. The highest BCUT2D eigenvalue weighted by molar-refractivity contribution is 7.09. The van der Waals surface area contributed by atoms with Crippen LogP contribution in [-0.4, -0.2) is 34.9 Å². The van der Waals surface area contributed by atoms with E-state index < -0.39 is 0 Å². The minimum Gasteiger partial charge on any atom is -0.334 e. The predicted octanol–water partition coefficient (Wildman–Crippen LogP) is 3.08. The van der Waals surface area contributed by atoms with Gasteiger partial charge < -0.3 is 10.6 Å². The summed E-state index contributed by atoms with van der Waals surface area (Å²) in [6.45, 7) is 5.85. The Morgan fingerprint density at radius 2 is 2.19 bits per heavy atom. The monoisotopic (exact) mass is 309 g/mol. The molecule has 2 N–H and O–H groups in total. The molecule has 21 heavy (non-hydrogen) atoms. The van der Waals surface area contributed by atoms with Gasteiger partial charge in [0.2, 0.25) is 0 Å². The second-order valence-electron chi connectivity index (χ2n) is 6.28. The highest BCUT2D eigenvalue weighted by Gasteiger charge is 2.28. The van der Waals surface area contributed by atoms with Crippen LogP contribution in [0.25, 0.3) is 0 Å². The molecule has 0 radical (unpaired) electrons. The minimum absolute atomic E-state index is 0.113. The average Bonchev–Trinajstić information content (AvgIpc) is 3.10. The number of rotatable bonds is 7. The second kappa shape index (κ2) is 7.90. The number of aromatic nitrogens is 1. The van der Waals surface area contributed by atoms with Gasteiger partial charge in [0.05, 0.1) is 5.01 Å². The van der Waals surface area contributed by atoms with Gasteiger partial charge in [-0.15, -0.1) is 11.3 Å². The van der Waals surface area contributed by atoms with E-state index in [0.29, 0.717) is 24.2 Å². The van der Waals surface area contributed by atoms with Gasteiger partial charge in [-0.2, -0.15) is 0 Å². The summed E-state index contributed by atoms with van der Waals surface area (Å²) in [5, 5.41) is 2.86. The lowest BCUT2D eigenvalue weighted by Crippen LogP contribution is -2.40. The summed E-state index contributed by atoms with van der Waals surface area (Å²) >= 11 is 1.55. The summed E-state index contributed by atoms with van der Waals surface area (Å²) in [5.74, 6) is 0.729. The zero-order chi connectivity index (χ0) is 15.2. The van der Waals surface area contributed by atoms with Crippen LogP contribution in [0.5, 0.6) is 0 Å². The van der Waals surface area contributed by atoms with E-state index in [1.54, 1.807) is 11.3 Å². The van der Waals surface area contributed by atoms with Crippen LogP contribution in [0, 0.1) is 5.92 Å². The molecule has 1 aliphatic rings. The largest absolute Gasteiger partial charge is 0.334 e. The van der Waals surface area contributed by atoms with Crippen molar-refractivity contribution in [2.75, 3.05) is 13.1 Å². The fourth-order valence-electron chi connectivity index (χ4n) is 2.86. The zero-order valence-corrected chi connectivity index (χ0v) is 14.0. The van der Waals surface area contributed by atoms with Gasteiger partial charge in [0.1, 0.15) is 5.69 Å². The van der Waals surface area contributed by atoms with E-state index in [2.05, 4.69) is 23.7 Å². The molecule has 1 amide bonds. The van der Waals surface area contributed by atoms with Gasteiger partial charge in [0.15, 0.2) is 0 Å². The molecule has 118 valence electrons. The lowest BCUT2D eigenvalue weighted by Gasteiger charge is -2.29. The molecular formula is C16H27N3OS. The Kier molecular flexibility index (Phi) is 6.18. The first-order chi connectivity index (χ1) is 10.1. The van der Waals surface area contributed by atoms with Crippen molar-refractivity contribution in [2.45, 2.75) is 58.4 Å². The van der Waals surface area contributed by atoms with Crippen molar-refractivity contribution in [1.82, 2.24) is 9.88 Å². The third-order valence-corrected chi connectivity index (χ3v) is 5.01. The number of hydrogen-bond donors (Lipinski definition) is 1. The van der Waals surface area contributed by atoms with Crippen LogP contribution in [0.4, 0.5) is 0 Å². The Labute approximate surface area is 131 Å². The number of nitrogens with two attached hydrogens (primary N) is 1. The van der Waals surface area contributed by atoms with Crippen LogP contribution in [0.15, 0.2) is 5.38 Å². The number of carbonyl (C=O) groups is 1. The number of nitrogens with zero attached hydrogens (tertiary/aromatic N) is 2. The van der Waals surface area contributed by atoms with E-state index in [9.17, 15) is 4.79 Å². The van der Waals surface area contributed by atoms with Gasteiger partial charge in [0, 0.05) is 24.4 Å². The van der Waals surface area contributed by atoms with Gasteiger partial charge in [-0.1, -0.05) is 26.7 Å². The van der Waals surface area contributed by atoms with Crippen molar-refractivity contribution in [3.8, 4) is 0 Å². The average molecular weight is 309 g/mol. The van der Waals surface area contributed by atoms with Crippen molar-refractivity contribution in [1.29, 1.82) is 0 Å². The van der Waals surface area contributed by atoms with Crippen LogP contribution < -0.4 is 5.73 Å². The van der Waals surface area contributed by atoms with Gasteiger partial charge in [-0.25, -0.2) is 4.98 Å². The van der Waals surface area contributed by atoms with Crippen molar-refractivity contribution >= 4 is 17.2 Å². The lowest BCUT2D eigenvalue weighted by atomic mass is 10.1. The maximum atomic E-state index is 12.8. The molecule has 4 nitrogen and oxygen atoms in total. The fraction of sp³-hybridized carbons (Fsp3) is 0.750. The first-order valence-corrected chi connectivity index (χ1v) is 8.95. The summed E-state index contributed by atoms with van der Waals surface area (Å²) < 4.78 is 0. The molecule has 1 aliphatic carbocycles. The maximum absolute atomic E-state index is 12.8. The topological polar surface area (TPSA) is 59.2 Å². The summed E-state index contributed by atoms with van der Waals surface area (Å²) in [6, 6.07) is 0.413. The lowest BCUT2D eigenvalue weighted by molar-refractivity contribution is 0.0666.